The lowest BCUT2D eigenvalue weighted by molar-refractivity contribution is 0.0689. The van der Waals surface area contributed by atoms with Crippen LogP contribution in [0.2, 0.25) is 5.02 Å². The van der Waals surface area contributed by atoms with Crippen LogP contribution >= 0.6 is 11.6 Å². The molecule has 1 aromatic heterocycles. The smallest absolute Gasteiger partial charge is 0.356 e. The number of aliphatic imine (C=N–C) groups is 1. The van der Waals surface area contributed by atoms with Crippen molar-refractivity contribution in [1.82, 2.24) is 9.55 Å². The van der Waals surface area contributed by atoms with Crippen molar-refractivity contribution in [3.8, 4) is 5.69 Å². The highest BCUT2D eigenvalue weighted by Gasteiger charge is 2.24. The summed E-state index contributed by atoms with van der Waals surface area (Å²) in [7, 11) is 0. The van der Waals surface area contributed by atoms with Gasteiger partial charge in [0.05, 0.1) is 23.6 Å². The maximum Gasteiger partial charge on any atom is 0.356 e. The Labute approximate surface area is 142 Å². The Morgan fingerprint density at radius 2 is 1.79 bits per heavy atom. The predicted molar refractivity (Wildman–Crippen MR) is 91.3 cm³/mol. The zero-order valence-corrected chi connectivity index (χ0v) is 13.2. The number of hydrogen-bond acceptors (Lipinski definition) is 3. The van der Waals surface area contributed by atoms with Crippen molar-refractivity contribution in [2.75, 3.05) is 0 Å². The van der Waals surface area contributed by atoms with E-state index in [2.05, 4.69) is 9.98 Å². The van der Waals surface area contributed by atoms with E-state index in [0.717, 1.165) is 22.5 Å². The van der Waals surface area contributed by atoms with E-state index in [1.807, 2.05) is 48.5 Å². The molecule has 6 heteroatoms. The first kappa shape index (κ1) is 14.7. The van der Waals surface area contributed by atoms with Gasteiger partial charge in [-0.05, 0) is 12.1 Å². The summed E-state index contributed by atoms with van der Waals surface area (Å²) in [4.78, 5) is 20.1. The summed E-state index contributed by atoms with van der Waals surface area (Å²) in [6.45, 7) is 0.219. The zero-order chi connectivity index (χ0) is 16.7. The van der Waals surface area contributed by atoms with Gasteiger partial charge in [-0.3, -0.25) is 9.56 Å². The Morgan fingerprint density at radius 1 is 1.08 bits per heavy atom. The quantitative estimate of drug-likeness (QED) is 0.777. The van der Waals surface area contributed by atoms with Gasteiger partial charge in [0.15, 0.2) is 5.69 Å². The molecule has 0 saturated carbocycles. The van der Waals surface area contributed by atoms with Crippen LogP contribution in [0.15, 0.2) is 59.9 Å². The second kappa shape index (κ2) is 5.62. The molecular weight excluding hydrogens is 326 g/mol. The maximum absolute atomic E-state index is 11.4. The Bertz CT molecular complexity index is 991. The van der Waals surface area contributed by atoms with E-state index in [1.54, 1.807) is 4.57 Å². The fraction of sp³-hybridized carbons (Fsp3) is 0.0556. The Hall–Kier alpha value is -2.92. The average Bonchev–Trinajstić information content (AvgIpc) is 2.94. The third-order valence-electron chi connectivity index (χ3n) is 4.00. The third-order valence-corrected chi connectivity index (χ3v) is 4.33. The Kier molecular flexibility index (Phi) is 3.43. The number of halogens is 1. The van der Waals surface area contributed by atoms with Crippen molar-refractivity contribution in [2.45, 2.75) is 6.54 Å². The summed E-state index contributed by atoms with van der Waals surface area (Å²) in [5, 5.41) is 9.96. The number of para-hydroxylation sites is 1. The largest absolute Gasteiger partial charge is 0.476 e. The number of aromatic nitrogens is 2. The Balaban J connectivity index is 1.99. The first-order chi connectivity index (χ1) is 11.7. The fourth-order valence-corrected chi connectivity index (χ4v) is 3.14. The molecular formula is C18H12ClN3O2. The minimum absolute atomic E-state index is 0.0222. The van der Waals surface area contributed by atoms with Crippen LogP contribution in [0.5, 0.6) is 0 Å². The second-order valence-electron chi connectivity index (χ2n) is 5.38. The lowest BCUT2D eigenvalue weighted by Crippen LogP contribution is -2.07. The molecule has 3 aromatic rings. The van der Waals surface area contributed by atoms with Gasteiger partial charge in [0.25, 0.3) is 0 Å². The first-order valence-electron chi connectivity index (χ1n) is 7.35. The molecule has 0 spiro atoms. The van der Waals surface area contributed by atoms with Crippen LogP contribution in [-0.2, 0) is 6.54 Å². The molecule has 5 nitrogen and oxygen atoms in total. The standard InChI is InChI=1S/C18H12ClN3O2/c19-13-7-3-1-5-11(13)16-12-6-2-4-8-14(12)22-10-21-17(18(23)24)15(22)9-20-16/h1-8,10H,9H2,(H,23,24). The maximum atomic E-state index is 11.4. The van der Waals surface area contributed by atoms with Crippen LogP contribution in [0.4, 0.5) is 0 Å². The molecule has 1 aliphatic rings. The number of carboxylic acid groups (broad SMARTS) is 1. The zero-order valence-electron chi connectivity index (χ0n) is 12.5. The van der Waals surface area contributed by atoms with Gasteiger partial charge >= 0.3 is 5.97 Å². The summed E-state index contributed by atoms with van der Waals surface area (Å²) in [6.07, 6.45) is 1.53. The van der Waals surface area contributed by atoms with E-state index in [0.29, 0.717) is 10.7 Å². The van der Waals surface area contributed by atoms with E-state index in [-0.39, 0.29) is 12.2 Å². The van der Waals surface area contributed by atoms with Crippen molar-refractivity contribution in [3.05, 3.63) is 82.4 Å². The molecule has 0 saturated heterocycles. The van der Waals surface area contributed by atoms with Crippen LogP contribution in [0.25, 0.3) is 5.69 Å². The molecule has 24 heavy (non-hydrogen) atoms. The molecule has 0 aliphatic carbocycles. The summed E-state index contributed by atoms with van der Waals surface area (Å²) in [5.74, 6) is -1.06. The van der Waals surface area contributed by atoms with E-state index < -0.39 is 5.97 Å². The van der Waals surface area contributed by atoms with Crippen molar-refractivity contribution < 1.29 is 9.90 Å². The highest BCUT2D eigenvalue weighted by molar-refractivity contribution is 6.35. The summed E-state index contributed by atoms with van der Waals surface area (Å²) < 4.78 is 1.78. The molecule has 1 aliphatic heterocycles. The van der Waals surface area contributed by atoms with Gasteiger partial charge in [0.1, 0.15) is 6.33 Å². The molecule has 0 radical (unpaired) electrons. The number of imidazole rings is 1. The molecule has 0 bridgehead atoms. The molecule has 0 fully saturated rings. The molecule has 4 rings (SSSR count). The SMILES string of the molecule is O=C(O)c1ncn2c1CN=C(c1ccccc1Cl)c1ccccc1-2. The summed E-state index contributed by atoms with van der Waals surface area (Å²) >= 11 is 6.35. The minimum Gasteiger partial charge on any atom is -0.476 e. The lowest BCUT2D eigenvalue weighted by Gasteiger charge is -2.12. The normalized spacial score (nSPS) is 12.8. The highest BCUT2D eigenvalue weighted by atomic mass is 35.5. The summed E-state index contributed by atoms with van der Waals surface area (Å²) in [6, 6.07) is 15.2. The third kappa shape index (κ3) is 2.21. The van der Waals surface area contributed by atoms with Crippen LogP contribution in [0.1, 0.15) is 27.3 Å². The van der Waals surface area contributed by atoms with Crippen LogP contribution in [0.3, 0.4) is 0 Å². The molecule has 2 aromatic carbocycles. The van der Waals surface area contributed by atoms with E-state index in [9.17, 15) is 9.90 Å². The van der Waals surface area contributed by atoms with Crippen molar-refractivity contribution in [3.63, 3.8) is 0 Å². The van der Waals surface area contributed by atoms with Gasteiger partial charge in [-0.2, -0.15) is 0 Å². The molecule has 118 valence electrons. The van der Waals surface area contributed by atoms with Gasteiger partial charge < -0.3 is 5.11 Å². The van der Waals surface area contributed by atoms with E-state index >= 15 is 0 Å². The van der Waals surface area contributed by atoms with Gasteiger partial charge in [0.2, 0.25) is 0 Å². The number of fused-ring (bicyclic) bond motifs is 3. The summed E-state index contributed by atoms with van der Waals surface area (Å²) in [5.41, 5.74) is 3.87. The second-order valence-corrected chi connectivity index (χ2v) is 5.78. The number of benzene rings is 2. The van der Waals surface area contributed by atoms with Crippen molar-refractivity contribution >= 4 is 23.3 Å². The molecule has 2 heterocycles. The van der Waals surface area contributed by atoms with Crippen molar-refractivity contribution in [1.29, 1.82) is 0 Å². The average molecular weight is 338 g/mol. The molecule has 0 amide bonds. The van der Waals surface area contributed by atoms with E-state index in [4.69, 9.17) is 11.6 Å². The fourth-order valence-electron chi connectivity index (χ4n) is 2.92. The number of nitrogens with zero attached hydrogens (tertiary/aromatic N) is 3. The first-order valence-corrected chi connectivity index (χ1v) is 7.73. The monoisotopic (exact) mass is 337 g/mol. The van der Waals surface area contributed by atoms with Gasteiger partial charge in [-0.25, -0.2) is 9.78 Å². The van der Waals surface area contributed by atoms with E-state index in [1.165, 1.54) is 6.33 Å². The molecule has 1 N–H and O–H groups in total. The number of hydrogen-bond donors (Lipinski definition) is 1. The van der Waals surface area contributed by atoms with Gasteiger partial charge in [-0.15, -0.1) is 0 Å². The number of carboxylic acids is 1. The van der Waals surface area contributed by atoms with Crippen LogP contribution < -0.4 is 0 Å². The van der Waals surface area contributed by atoms with Crippen LogP contribution in [0, 0.1) is 0 Å². The van der Waals surface area contributed by atoms with Crippen molar-refractivity contribution in [2.24, 2.45) is 4.99 Å². The lowest BCUT2D eigenvalue weighted by atomic mass is 10.0. The number of carbonyl (C=O) groups is 1. The van der Waals surface area contributed by atoms with Gasteiger partial charge in [-0.1, -0.05) is 48.0 Å². The number of rotatable bonds is 2. The number of aromatic carboxylic acids is 1. The van der Waals surface area contributed by atoms with Crippen LogP contribution in [-0.4, -0.2) is 26.3 Å². The van der Waals surface area contributed by atoms with Gasteiger partial charge in [0, 0.05) is 16.1 Å². The minimum atomic E-state index is -1.06. The molecule has 0 unspecified atom stereocenters. The molecule has 0 atom stereocenters. The highest BCUT2D eigenvalue weighted by Crippen LogP contribution is 2.28. The Morgan fingerprint density at radius 3 is 2.54 bits per heavy atom. The predicted octanol–water partition coefficient (Wildman–Crippen LogP) is 3.57. The topological polar surface area (TPSA) is 67.5 Å².